The number of hydrogen-bond donors (Lipinski definition) is 1. The molecule has 7 heteroatoms. The van der Waals surface area contributed by atoms with Gasteiger partial charge in [0.1, 0.15) is 5.82 Å². The molecule has 0 radical (unpaired) electrons. The summed E-state index contributed by atoms with van der Waals surface area (Å²) >= 11 is 0. The first kappa shape index (κ1) is 16.9. The van der Waals surface area contributed by atoms with Crippen molar-refractivity contribution in [2.45, 2.75) is 32.9 Å². The average Bonchev–Trinajstić information content (AvgIpc) is 2.79. The van der Waals surface area contributed by atoms with Gasteiger partial charge in [0.2, 0.25) is 0 Å². The van der Waals surface area contributed by atoms with Crippen LogP contribution in [-0.4, -0.2) is 55.7 Å². The summed E-state index contributed by atoms with van der Waals surface area (Å²) in [6, 6.07) is 1.66. The molecule has 2 aromatic rings. The van der Waals surface area contributed by atoms with E-state index < -0.39 is 0 Å². The Bertz CT molecular complexity index is 737. The van der Waals surface area contributed by atoms with Crippen LogP contribution in [0.15, 0.2) is 23.3 Å². The Morgan fingerprint density at radius 1 is 1.29 bits per heavy atom. The minimum atomic E-state index is -0.0719. The van der Waals surface area contributed by atoms with Gasteiger partial charge in [-0.25, -0.2) is 4.98 Å². The van der Waals surface area contributed by atoms with Crippen LogP contribution in [0.1, 0.15) is 36.5 Å². The van der Waals surface area contributed by atoms with Gasteiger partial charge in [-0.3, -0.25) is 19.3 Å². The molecule has 0 saturated carbocycles. The van der Waals surface area contributed by atoms with E-state index in [0.717, 1.165) is 50.7 Å². The van der Waals surface area contributed by atoms with Gasteiger partial charge in [0.05, 0.1) is 12.2 Å². The van der Waals surface area contributed by atoms with E-state index in [2.05, 4.69) is 38.0 Å². The summed E-state index contributed by atoms with van der Waals surface area (Å²) in [6.07, 6.45) is 5.13. The van der Waals surface area contributed by atoms with Gasteiger partial charge in [-0.15, -0.1) is 0 Å². The number of H-pyrrole nitrogens is 1. The number of aryl methyl sites for hydroxylation is 2. The SMILES string of the molecule is Cc1cc(=O)[nH]c(C(C)N2CCCN(Cc3cnn(C)c3)CC2)n1. The van der Waals surface area contributed by atoms with Crippen molar-refractivity contribution in [3.8, 4) is 0 Å². The number of rotatable bonds is 4. The minimum absolute atomic E-state index is 0.0719. The second-order valence-corrected chi connectivity index (χ2v) is 6.64. The monoisotopic (exact) mass is 330 g/mol. The Morgan fingerprint density at radius 3 is 2.83 bits per heavy atom. The summed E-state index contributed by atoms with van der Waals surface area (Å²) in [5.41, 5.74) is 1.95. The Hall–Kier alpha value is -1.99. The molecule has 1 atom stereocenters. The Kier molecular flexibility index (Phi) is 5.11. The first-order chi connectivity index (χ1) is 11.5. The number of nitrogens with one attached hydrogen (secondary N) is 1. The molecule has 0 aliphatic carbocycles. The molecule has 1 N–H and O–H groups in total. The van der Waals surface area contributed by atoms with Gasteiger partial charge in [-0.05, 0) is 26.8 Å². The molecule has 1 saturated heterocycles. The fraction of sp³-hybridized carbons (Fsp3) is 0.588. The van der Waals surface area contributed by atoms with Crippen molar-refractivity contribution in [3.05, 3.63) is 45.9 Å². The van der Waals surface area contributed by atoms with E-state index in [1.165, 1.54) is 11.6 Å². The van der Waals surface area contributed by atoms with Crippen LogP contribution in [0.4, 0.5) is 0 Å². The predicted molar refractivity (Wildman–Crippen MR) is 92.7 cm³/mol. The van der Waals surface area contributed by atoms with Crippen LogP contribution < -0.4 is 5.56 Å². The van der Waals surface area contributed by atoms with Crippen molar-refractivity contribution in [1.82, 2.24) is 29.5 Å². The quantitative estimate of drug-likeness (QED) is 0.908. The molecular formula is C17H26N6O. The molecule has 0 spiro atoms. The summed E-state index contributed by atoms with van der Waals surface area (Å²) in [5, 5.41) is 4.24. The number of aromatic amines is 1. The lowest BCUT2D eigenvalue weighted by molar-refractivity contribution is 0.202. The van der Waals surface area contributed by atoms with Crippen molar-refractivity contribution < 1.29 is 0 Å². The smallest absolute Gasteiger partial charge is 0.251 e. The molecule has 1 aliphatic rings. The van der Waals surface area contributed by atoms with Crippen LogP contribution >= 0.6 is 0 Å². The standard InChI is InChI=1S/C17H26N6O/c1-13-9-16(24)20-17(19-13)14(2)23-6-4-5-22(7-8-23)12-15-10-18-21(3)11-15/h9-11,14H,4-8,12H2,1-3H3,(H,19,20,24). The molecule has 24 heavy (non-hydrogen) atoms. The Morgan fingerprint density at radius 2 is 2.12 bits per heavy atom. The van der Waals surface area contributed by atoms with E-state index in [-0.39, 0.29) is 11.6 Å². The first-order valence-electron chi connectivity index (χ1n) is 8.53. The van der Waals surface area contributed by atoms with Gasteiger partial charge in [0, 0.05) is 56.7 Å². The van der Waals surface area contributed by atoms with E-state index in [1.54, 1.807) is 0 Å². The Labute approximate surface area is 142 Å². The van der Waals surface area contributed by atoms with E-state index in [4.69, 9.17) is 0 Å². The zero-order valence-corrected chi connectivity index (χ0v) is 14.7. The molecule has 1 fully saturated rings. The third-order valence-electron chi connectivity index (χ3n) is 4.62. The lowest BCUT2D eigenvalue weighted by atomic mass is 10.2. The normalized spacial score (nSPS) is 18.5. The van der Waals surface area contributed by atoms with E-state index in [0.29, 0.717) is 0 Å². The maximum Gasteiger partial charge on any atom is 0.251 e. The van der Waals surface area contributed by atoms with Gasteiger partial charge in [0.25, 0.3) is 5.56 Å². The third-order valence-corrected chi connectivity index (χ3v) is 4.62. The van der Waals surface area contributed by atoms with E-state index >= 15 is 0 Å². The van der Waals surface area contributed by atoms with Gasteiger partial charge >= 0.3 is 0 Å². The molecule has 0 amide bonds. The highest BCUT2D eigenvalue weighted by atomic mass is 16.1. The van der Waals surface area contributed by atoms with Crippen molar-refractivity contribution in [3.63, 3.8) is 0 Å². The second-order valence-electron chi connectivity index (χ2n) is 6.64. The topological polar surface area (TPSA) is 70.1 Å². The molecule has 130 valence electrons. The molecule has 1 aliphatic heterocycles. The summed E-state index contributed by atoms with van der Waals surface area (Å²) < 4.78 is 1.85. The molecular weight excluding hydrogens is 304 g/mol. The summed E-state index contributed by atoms with van der Waals surface area (Å²) in [6.45, 7) is 9.00. The van der Waals surface area contributed by atoms with Crippen molar-refractivity contribution in [2.75, 3.05) is 26.2 Å². The van der Waals surface area contributed by atoms with E-state index in [1.807, 2.05) is 24.9 Å². The highest BCUT2D eigenvalue weighted by Gasteiger charge is 2.22. The fourth-order valence-electron chi connectivity index (χ4n) is 3.32. The molecule has 0 bridgehead atoms. The van der Waals surface area contributed by atoms with Crippen molar-refractivity contribution >= 4 is 0 Å². The van der Waals surface area contributed by atoms with Crippen LogP contribution in [-0.2, 0) is 13.6 Å². The lowest BCUT2D eigenvalue weighted by Crippen LogP contribution is -2.33. The zero-order valence-electron chi connectivity index (χ0n) is 14.7. The summed E-state index contributed by atoms with van der Waals surface area (Å²) in [5.74, 6) is 0.765. The molecule has 3 rings (SSSR count). The van der Waals surface area contributed by atoms with Crippen molar-refractivity contribution in [2.24, 2.45) is 7.05 Å². The van der Waals surface area contributed by atoms with Gasteiger partial charge < -0.3 is 4.98 Å². The minimum Gasteiger partial charge on any atom is -0.309 e. The molecule has 2 aromatic heterocycles. The third kappa shape index (κ3) is 4.10. The number of aromatic nitrogens is 4. The van der Waals surface area contributed by atoms with Gasteiger partial charge in [0.15, 0.2) is 0 Å². The predicted octanol–water partition coefficient (Wildman–Crippen LogP) is 1.08. The van der Waals surface area contributed by atoms with Crippen LogP contribution in [0, 0.1) is 6.92 Å². The largest absolute Gasteiger partial charge is 0.309 e. The maximum absolute atomic E-state index is 11.7. The van der Waals surface area contributed by atoms with Crippen molar-refractivity contribution in [1.29, 1.82) is 0 Å². The van der Waals surface area contributed by atoms with Crippen LogP contribution in [0.3, 0.4) is 0 Å². The number of nitrogens with zero attached hydrogens (tertiary/aromatic N) is 5. The molecule has 1 unspecified atom stereocenters. The zero-order chi connectivity index (χ0) is 17.1. The maximum atomic E-state index is 11.7. The lowest BCUT2D eigenvalue weighted by Gasteiger charge is -2.27. The second kappa shape index (κ2) is 7.27. The highest BCUT2D eigenvalue weighted by Crippen LogP contribution is 2.18. The van der Waals surface area contributed by atoms with Gasteiger partial charge in [-0.1, -0.05) is 0 Å². The van der Waals surface area contributed by atoms with Crippen LogP contribution in [0.2, 0.25) is 0 Å². The summed E-state index contributed by atoms with van der Waals surface area (Å²) in [7, 11) is 1.95. The average molecular weight is 330 g/mol. The molecule has 7 nitrogen and oxygen atoms in total. The fourth-order valence-corrected chi connectivity index (χ4v) is 3.32. The molecule has 0 aromatic carbocycles. The first-order valence-corrected chi connectivity index (χ1v) is 8.53. The molecule has 3 heterocycles. The highest BCUT2D eigenvalue weighted by molar-refractivity contribution is 5.05. The number of hydrogen-bond acceptors (Lipinski definition) is 5. The van der Waals surface area contributed by atoms with E-state index in [9.17, 15) is 4.79 Å². The Balaban J connectivity index is 1.63. The van der Waals surface area contributed by atoms with Crippen LogP contribution in [0.25, 0.3) is 0 Å². The van der Waals surface area contributed by atoms with Gasteiger partial charge in [-0.2, -0.15) is 5.10 Å². The summed E-state index contributed by atoms with van der Waals surface area (Å²) in [4.78, 5) is 24.0. The van der Waals surface area contributed by atoms with Crippen LogP contribution in [0.5, 0.6) is 0 Å².